The molecule has 0 saturated carbocycles. The molecule has 0 aliphatic carbocycles. The molecule has 0 bridgehead atoms. The maximum atomic E-state index is 12.3. The molecule has 0 radical (unpaired) electrons. The molecule has 1 aromatic rings. The number of nitrogens with zero attached hydrogens (tertiary/aromatic N) is 3. The van der Waals surface area contributed by atoms with Crippen LogP contribution in [-0.2, 0) is 6.42 Å². The van der Waals surface area contributed by atoms with E-state index >= 15 is 0 Å². The summed E-state index contributed by atoms with van der Waals surface area (Å²) in [5, 5.41) is 3.15. The zero-order valence-electron chi connectivity index (χ0n) is 15.4. The maximum absolute atomic E-state index is 12.3. The molecular weight excluding hydrogens is 300 g/mol. The fourth-order valence-corrected chi connectivity index (χ4v) is 3.23. The molecular formula is C19H32N4O. The van der Waals surface area contributed by atoms with Gasteiger partial charge in [0.25, 0.3) is 0 Å². The largest absolute Gasteiger partial charge is 0.336 e. The van der Waals surface area contributed by atoms with Gasteiger partial charge in [-0.15, -0.1) is 0 Å². The van der Waals surface area contributed by atoms with Crippen LogP contribution in [0.4, 0.5) is 4.79 Å². The summed E-state index contributed by atoms with van der Waals surface area (Å²) in [5.74, 6) is 0. The minimum Gasteiger partial charge on any atom is -0.336 e. The van der Waals surface area contributed by atoms with Crippen molar-refractivity contribution in [2.75, 3.05) is 52.9 Å². The highest BCUT2D eigenvalue weighted by molar-refractivity contribution is 5.74. The van der Waals surface area contributed by atoms with Gasteiger partial charge in [0.05, 0.1) is 0 Å². The number of nitrogens with one attached hydrogen (secondary N) is 1. The van der Waals surface area contributed by atoms with Crippen molar-refractivity contribution in [2.24, 2.45) is 0 Å². The van der Waals surface area contributed by atoms with Crippen LogP contribution in [0.1, 0.15) is 19.4 Å². The molecule has 1 N–H and O–H groups in total. The van der Waals surface area contributed by atoms with Crippen molar-refractivity contribution in [2.45, 2.75) is 26.3 Å². The van der Waals surface area contributed by atoms with Gasteiger partial charge in [-0.05, 0) is 32.9 Å². The first kappa shape index (κ1) is 18.7. The lowest BCUT2D eigenvalue weighted by Crippen LogP contribution is -2.54. The van der Waals surface area contributed by atoms with Crippen molar-refractivity contribution in [3.05, 3.63) is 35.9 Å². The molecule has 24 heavy (non-hydrogen) atoms. The zero-order valence-corrected chi connectivity index (χ0v) is 15.4. The minimum absolute atomic E-state index is 0.0483. The lowest BCUT2D eigenvalue weighted by atomic mass is 10.0. The lowest BCUT2D eigenvalue weighted by molar-refractivity contribution is 0.109. The Kier molecular flexibility index (Phi) is 7.53. The van der Waals surface area contributed by atoms with Gasteiger partial charge in [0, 0.05) is 51.9 Å². The van der Waals surface area contributed by atoms with E-state index in [1.807, 2.05) is 18.7 Å². The highest BCUT2D eigenvalue weighted by Crippen LogP contribution is 2.11. The third-order valence-corrected chi connectivity index (χ3v) is 4.91. The highest BCUT2D eigenvalue weighted by Gasteiger charge is 2.23. The van der Waals surface area contributed by atoms with E-state index in [1.165, 1.54) is 5.56 Å². The van der Waals surface area contributed by atoms with Crippen LogP contribution < -0.4 is 5.32 Å². The van der Waals surface area contributed by atoms with Crippen LogP contribution >= 0.6 is 0 Å². The van der Waals surface area contributed by atoms with Crippen LogP contribution in [0.5, 0.6) is 0 Å². The average molecular weight is 332 g/mol. The quantitative estimate of drug-likeness (QED) is 0.829. The summed E-state index contributed by atoms with van der Waals surface area (Å²) >= 11 is 0. The molecule has 1 aliphatic heterocycles. The van der Waals surface area contributed by atoms with Gasteiger partial charge in [-0.25, -0.2) is 4.79 Å². The van der Waals surface area contributed by atoms with Crippen molar-refractivity contribution < 1.29 is 4.79 Å². The van der Waals surface area contributed by atoms with Crippen LogP contribution in [0.3, 0.4) is 0 Å². The molecule has 1 unspecified atom stereocenters. The highest BCUT2D eigenvalue weighted by atomic mass is 16.2. The second-order valence-corrected chi connectivity index (χ2v) is 6.54. The van der Waals surface area contributed by atoms with Gasteiger partial charge in [-0.1, -0.05) is 30.3 Å². The molecule has 0 spiro atoms. The van der Waals surface area contributed by atoms with Crippen molar-refractivity contribution >= 4 is 6.03 Å². The van der Waals surface area contributed by atoms with Gasteiger partial charge in [0.15, 0.2) is 0 Å². The van der Waals surface area contributed by atoms with E-state index < -0.39 is 0 Å². The normalized spacial score (nSPS) is 17.5. The number of amides is 2. The summed E-state index contributed by atoms with van der Waals surface area (Å²) < 4.78 is 0. The molecule has 5 heteroatoms. The number of carbonyl (C=O) groups is 1. The van der Waals surface area contributed by atoms with E-state index in [0.717, 1.165) is 45.7 Å². The third-order valence-electron chi connectivity index (χ3n) is 4.91. The van der Waals surface area contributed by atoms with Gasteiger partial charge >= 0.3 is 6.03 Å². The van der Waals surface area contributed by atoms with Crippen LogP contribution in [0.25, 0.3) is 0 Å². The van der Waals surface area contributed by atoms with E-state index in [1.54, 1.807) is 0 Å². The smallest absolute Gasteiger partial charge is 0.317 e. The number of urea groups is 1. The van der Waals surface area contributed by atoms with E-state index in [2.05, 4.69) is 52.5 Å². The molecule has 1 aromatic carbocycles. The Hall–Kier alpha value is -1.59. The fourth-order valence-electron chi connectivity index (χ4n) is 3.23. The van der Waals surface area contributed by atoms with E-state index in [0.29, 0.717) is 12.6 Å². The number of piperazine rings is 1. The van der Waals surface area contributed by atoms with Crippen LogP contribution in [-0.4, -0.2) is 79.6 Å². The topological polar surface area (TPSA) is 38.8 Å². The molecule has 2 amide bonds. The van der Waals surface area contributed by atoms with Crippen LogP contribution in [0, 0.1) is 0 Å². The van der Waals surface area contributed by atoms with E-state index in [9.17, 15) is 4.79 Å². The van der Waals surface area contributed by atoms with Crippen molar-refractivity contribution in [3.63, 3.8) is 0 Å². The van der Waals surface area contributed by atoms with Gasteiger partial charge in [0.2, 0.25) is 0 Å². The molecule has 1 saturated heterocycles. The Balaban J connectivity index is 1.98. The second-order valence-electron chi connectivity index (χ2n) is 6.54. The Morgan fingerprint density at radius 2 is 1.75 bits per heavy atom. The van der Waals surface area contributed by atoms with Crippen LogP contribution in [0.2, 0.25) is 0 Å². The lowest BCUT2D eigenvalue weighted by Gasteiger charge is -2.38. The molecule has 5 nitrogen and oxygen atoms in total. The monoisotopic (exact) mass is 332 g/mol. The minimum atomic E-state index is 0.0483. The van der Waals surface area contributed by atoms with Crippen molar-refractivity contribution in [1.29, 1.82) is 0 Å². The molecule has 1 aliphatic rings. The average Bonchev–Trinajstić information content (AvgIpc) is 2.61. The predicted molar refractivity (Wildman–Crippen MR) is 99.3 cm³/mol. The summed E-state index contributed by atoms with van der Waals surface area (Å²) in [5.41, 5.74) is 1.33. The number of rotatable bonds is 7. The number of hydrogen-bond donors (Lipinski definition) is 1. The molecule has 1 heterocycles. The molecule has 1 fully saturated rings. The first-order chi connectivity index (χ1) is 11.6. The SMILES string of the molecule is CCN(CC)C(=O)NCC(Cc1ccccc1)N1CCN(C)CC1. The number of benzene rings is 1. The van der Waals surface area contributed by atoms with Crippen LogP contribution in [0.15, 0.2) is 30.3 Å². The van der Waals surface area contributed by atoms with Crippen molar-refractivity contribution in [1.82, 2.24) is 20.0 Å². The van der Waals surface area contributed by atoms with E-state index in [-0.39, 0.29) is 6.03 Å². The second kappa shape index (κ2) is 9.64. The van der Waals surface area contributed by atoms with Gasteiger partial charge in [-0.3, -0.25) is 4.90 Å². The Morgan fingerprint density at radius 1 is 1.12 bits per heavy atom. The van der Waals surface area contributed by atoms with E-state index in [4.69, 9.17) is 0 Å². The predicted octanol–water partition coefficient (Wildman–Crippen LogP) is 1.90. The van der Waals surface area contributed by atoms with Gasteiger partial charge in [0.1, 0.15) is 0 Å². The number of hydrogen-bond acceptors (Lipinski definition) is 3. The molecule has 0 aromatic heterocycles. The molecule has 1 atom stereocenters. The first-order valence-electron chi connectivity index (χ1n) is 9.13. The number of carbonyl (C=O) groups excluding carboxylic acids is 1. The zero-order chi connectivity index (χ0) is 17.4. The Morgan fingerprint density at radius 3 is 2.33 bits per heavy atom. The molecule has 134 valence electrons. The standard InChI is InChI=1S/C19H32N4O/c1-4-22(5-2)19(24)20-16-18(15-17-9-7-6-8-10-17)23-13-11-21(3)12-14-23/h6-10,18H,4-5,11-16H2,1-3H3,(H,20,24). The first-order valence-corrected chi connectivity index (χ1v) is 9.13. The third kappa shape index (κ3) is 5.49. The molecule has 2 rings (SSSR count). The summed E-state index contributed by atoms with van der Waals surface area (Å²) in [6.07, 6.45) is 0.975. The number of likely N-dealkylation sites (N-methyl/N-ethyl adjacent to an activating group) is 1. The fraction of sp³-hybridized carbons (Fsp3) is 0.632. The summed E-state index contributed by atoms with van der Waals surface area (Å²) in [6, 6.07) is 11.0. The van der Waals surface area contributed by atoms with Gasteiger partial charge < -0.3 is 15.1 Å². The summed E-state index contributed by atoms with van der Waals surface area (Å²) in [7, 11) is 2.17. The summed E-state index contributed by atoms with van der Waals surface area (Å²) in [4.78, 5) is 19.0. The van der Waals surface area contributed by atoms with Crippen molar-refractivity contribution in [3.8, 4) is 0 Å². The Labute approximate surface area is 146 Å². The maximum Gasteiger partial charge on any atom is 0.317 e. The van der Waals surface area contributed by atoms with Gasteiger partial charge in [-0.2, -0.15) is 0 Å². The summed E-state index contributed by atoms with van der Waals surface area (Å²) in [6.45, 7) is 10.6. The Bertz CT molecular complexity index is 481.